The summed E-state index contributed by atoms with van der Waals surface area (Å²) >= 11 is 1.55. The first kappa shape index (κ1) is 13.3. The Bertz CT molecular complexity index is 534. The summed E-state index contributed by atoms with van der Waals surface area (Å²) < 4.78 is 0. The summed E-state index contributed by atoms with van der Waals surface area (Å²) in [6.07, 6.45) is 1.62. The molecule has 0 aliphatic carbocycles. The largest absolute Gasteiger partial charge is 0.302 e. The van der Waals surface area contributed by atoms with Gasteiger partial charge in [-0.05, 0) is 23.9 Å². The summed E-state index contributed by atoms with van der Waals surface area (Å²) in [6.45, 7) is 5.63. The molecule has 1 aromatic rings. The molecule has 1 fully saturated rings. The zero-order valence-electron chi connectivity index (χ0n) is 10.4. The van der Waals surface area contributed by atoms with E-state index in [1.165, 1.54) is 0 Å². The zero-order valence-corrected chi connectivity index (χ0v) is 11.2. The lowest BCUT2D eigenvalue weighted by Gasteiger charge is -2.05. The van der Waals surface area contributed by atoms with E-state index >= 15 is 0 Å². The average molecular weight is 278 g/mol. The molecule has 3 N–H and O–H groups in total. The highest BCUT2D eigenvalue weighted by Crippen LogP contribution is 2.15. The maximum atomic E-state index is 11.6. The molecule has 0 saturated carbocycles. The van der Waals surface area contributed by atoms with Crippen molar-refractivity contribution in [2.45, 2.75) is 13.3 Å². The van der Waals surface area contributed by atoms with Crippen LogP contribution in [0.15, 0.2) is 28.8 Å². The molecule has 2 heterocycles. The number of carbonyl (C=O) groups is 2. The number of thiophene rings is 1. The number of nitrogens with one attached hydrogen (secondary N) is 3. The molecule has 19 heavy (non-hydrogen) atoms. The van der Waals surface area contributed by atoms with Crippen LogP contribution in [0.2, 0.25) is 0 Å². The highest BCUT2D eigenvalue weighted by atomic mass is 32.1. The summed E-state index contributed by atoms with van der Waals surface area (Å²) in [4.78, 5) is 24.0. The van der Waals surface area contributed by atoms with Gasteiger partial charge in [0, 0.05) is 17.0 Å². The molecule has 6 nitrogen and oxygen atoms in total. The molecule has 1 atom stereocenters. The van der Waals surface area contributed by atoms with Crippen molar-refractivity contribution in [2.24, 2.45) is 11.0 Å². The van der Waals surface area contributed by atoms with Gasteiger partial charge in [-0.3, -0.25) is 15.0 Å². The number of hydrogen-bond donors (Lipinski definition) is 3. The van der Waals surface area contributed by atoms with Gasteiger partial charge in [0.1, 0.15) is 0 Å². The van der Waals surface area contributed by atoms with Gasteiger partial charge >= 0.3 is 0 Å². The number of carbonyl (C=O) groups excluding carboxylic acids is 2. The average Bonchev–Trinajstić information content (AvgIpc) is 2.90. The van der Waals surface area contributed by atoms with Crippen LogP contribution in [0.4, 0.5) is 0 Å². The van der Waals surface area contributed by atoms with E-state index < -0.39 is 5.92 Å². The van der Waals surface area contributed by atoms with Crippen molar-refractivity contribution >= 4 is 29.4 Å². The first-order valence-electron chi connectivity index (χ1n) is 5.68. The van der Waals surface area contributed by atoms with E-state index in [9.17, 15) is 9.59 Å². The first-order chi connectivity index (χ1) is 9.08. The number of amides is 2. The number of aryl methyl sites for hydroxylation is 1. The molecule has 0 radical (unpaired) electrons. The second-order valence-electron chi connectivity index (χ2n) is 4.16. The van der Waals surface area contributed by atoms with Crippen molar-refractivity contribution < 1.29 is 9.59 Å². The first-order valence-corrected chi connectivity index (χ1v) is 6.56. The van der Waals surface area contributed by atoms with Gasteiger partial charge < -0.3 is 5.43 Å². The van der Waals surface area contributed by atoms with Crippen LogP contribution < -0.4 is 16.3 Å². The molecule has 1 unspecified atom stereocenters. The quantitative estimate of drug-likeness (QED) is 0.559. The molecule has 7 heteroatoms. The summed E-state index contributed by atoms with van der Waals surface area (Å²) in [7, 11) is 0. The Morgan fingerprint density at radius 2 is 2.42 bits per heavy atom. The van der Waals surface area contributed by atoms with Crippen molar-refractivity contribution in [3.8, 4) is 0 Å². The Labute approximate surface area is 114 Å². The fourth-order valence-electron chi connectivity index (χ4n) is 1.60. The van der Waals surface area contributed by atoms with Gasteiger partial charge in [0.05, 0.1) is 12.1 Å². The topological polar surface area (TPSA) is 82.6 Å². The summed E-state index contributed by atoms with van der Waals surface area (Å²) in [6, 6.07) is 1.98. The summed E-state index contributed by atoms with van der Waals surface area (Å²) in [5, 5.41) is 5.83. The Balaban J connectivity index is 1.85. The lowest BCUT2D eigenvalue weighted by atomic mass is 10.0. The van der Waals surface area contributed by atoms with E-state index in [1.54, 1.807) is 17.6 Å². The smallest absolute Gasteiger partial charge is 0.247 e. The summed E-state index contributed by atoms with van der Waals surface area (Å²) in [5.74, 6) is -1.12. The predicted octanol–water partition coefficient (Wildman–Crippen LogP) is 0.661. The van der Waals surface area contributed by atoms with E-state index in [2.05, 4.69) is 28.0 Å². The molecular formula is C12H14N4O2S. The van der Waals surface area contributed by atoms with Gasteiger partial charge in [-0.2, -0.15) is 5.10 Å². The molecule has 1 aliphatic heterocycles. The van der Waals surface area contributed by atoms with Crippen molar-refractivity contribution in [1.29, 1.82) is 0 Å². The normalized spacial score (nSPS) is 18.5. The van der Waals surface area contributed by atoms with Crippen LogP contribution in [0.1, 0.15) is 16.9 Å². The molecule has 2 rings (SSSR count). The number of hydrazone groups is 1. The van der Waals surface area contributed by atoms with Gasteiger partial charge in [0.25, 0.3) is 0 Å². The standard InChI is InChI=1S/C12H14N4O2S/c1-7-3-4-19-10(7)6-13-15-11(17)5-9-8(2)14-16-12(9)18/h3-4,6,9,14H,2,5H2,1H3,(H,15,17)(H,16,18). The van der Waals surface area contributed by atoms with Crippen LogP contribution in [0.25, 0.3) is 0 Å². The van der Waals surface area contributed by atoms with Gasteiger partial charge in [0.15, 0.2) is 0 Å². The van der Waals surface area contributed by atoms with Gasteiger partial charge in [-0.1, -0.05) is 6.58 Å². The SMILES string of the molecule is C=C1NNC(=O)C1CC(=O)NN=Cc1sccc1C. The maximum Gasteiger partial charge on any atom is 0.247 e. The third-order valence-corrected chi connectivity index (χ3v) is 3.70. The van der Waals surface area contributed by atoms with Crippen molar-refractivity contribution in [1.82, 2.24) is 16.3 Å². The van der Waals surface area contributed by atoms with Crippen molar-refractivity contribution in [3.63, 3.8) is 0 Å². The fraction of sp³-hybridized carbons (Fsp3) is 0.250. The molecule has 0 aromatic carbocycles. The number of hydrogen-bond acceptors (Lipinski definition) is 5. The van der Waals surface area contributed by atoms with Crippen LogP contribution in [0.3, 0.4) is 0 Å². The lowest BCUT2D eigenvalue weighted by molar-refractivity contribution is -0.127. The van der Waals surface area contributed by atoms with E-state index in [4.69, 9.17) is 0 Å². The van der Waals surface area contributed by atoms with E-state index in [0.717, 1.165) is 10.4 Å². The van der Waals surface area contributed by atoms with Gasteiger partial charge in [0.2, 0.25) is 11.8 Å². The van der Waals surface area contributed by atoms with E-state index in [-0.39, 0.29) is 18.2 Å². The Morgan fingerprint density at radius 3 is 3.00 bits per heavy atom. The third kappa shape index (κ3) is 3.19. The molecule has 1 saturated heterocycles. The minimum absolute atomic E-state index is 0.0262. The number of nitrogens with zero attached hydrogens (tertiary/aromatic N) is 1. The molecule has 2 amide bonds. The van der Waals surface area contributed by atoms with Crippen LogP contribution >= 0.6 is 11.3 Å². The Hall–Kier alpha value is -2.15. The molecular weight excluding hydrogens is 264 g/mol. The minimum atomic E-state index is -0.543. The fourth-order valence-corrected chi connectivity index (χ4v) is 2.39. The van der Waals surface area contributed by atoms with Crippen LogP contribution in [-0.4, -0.2) is 18.0 Å². The van der Waals surface area contributed by atoms with E-state index in [1.807, 2.05) is 18.4 Å². The molecule has 0 spiro atoms. The predicted molar refractivity (Wildman–Crippen MR) is 73.3 cm³/mol. The minimum Gasteiger partial charge on any atom is -0.302 e. The second-order valence-corrected chi connectivity index (χ2v) is 5.10. The molecule has 1 aliphatic rings. The zero-order chi connectivity index (χ0) is 13.8. The molecule has 0 bridgehead atoms. The molecule has 100 valence electrons. The van der Waals surface area contributed by atoms with Crippen LogP contribution in [-0.2, 0) is 9.59 Å². The Kier molecular flexibility index (Phi) is 3.96. The van der Waals surface area contributed by atoms with Crippen LogP contribution in [0.5, 0.6) is 0 Å². The van der Waals surface area contributed by atoms with Crippen LogP contribution in [0, 0.1) is 12.8 Å². The number of hydrazine groups is 1. The van der Waals surface area contributed by atoms with Crippen molar-refractivity contribution in [2.75, 3.05) is 0 Å². The Morgan fingerprint density at radius 1 is 1.63 bits per heavy atom. The maximum absolute atomic E-state index is 11.6. The van der Waals surface area contributed by atoms with Crippen molar-refractivity contribution in [3.05, 3.63) is 34.2 Å². The van der Waals surface area contributed by atoms with Gasteiger partial charge in [-0.25, -0.2) is 5.43 Å². The lowest BCUT2D eigenvalue weighted by Crippen LogP contribution is -2.27. The van der Waals surface area contributed by atoms with Gasteiger partial charge in [-0.15, -0.1) is 11.3 Å². The number of rotatable bonds is 4. The second kappa shape index (κ2) is 5.66. The highest BCUT2D eigenvalue weighted by molar-refractivity contribution is 7.11. The third-order valence-electron chi connectivity index (χ3n) is 2.75. The summed E-state index contributed by atoms with van der Waals surface area (Å²) in [5.41, 5.74) is 9.02. The molecule has 1 aromatic heterocycles. The van der Waals surface area contributed by atoms with E-state index in [0.29, 0.717) is 5.70 Å². The monoisotopic (exact) mass is 278 g/mol. The highest BCUT2D eigenvalue weighted by Gasteiger charge is 2.29.